The Balaban J connectivity index is 2.51. The summed E-state index contributed by atoms with van der Waals surface area (Å²) in [5, 5.41) is 3.33. The zero-order valence-corrected chi connectivity index (χ0v) is 22.9. The van der Waals surface area contributed by atoms with E-state index in [4.69, 9.17) is 11.6 Å². The molecular formula is C25H35ClN4O4S. The molecule has 0 aliphatic rings. The van der Waals surface area contributed by atoms with E-state index in [9.17, 15) is 18.0 Å². The first-order valence-electron chi connectivity index (χ1n) is 11.4. The van der Waals surface area contributed by atoms with Crippen LogP contribution in [0, 0.1) is 13.8 Å². The van der Waals surface area contributed by atoms with Crippen LogP contribution in [0.5, 0.6) is 0 Å². The summed E-state index contributed by atoms with van der Waals surface area (Å²) in [4.78, 5) is 27.9. The molecule has 35 heavy (non-hydrogen) atoms. The lowest BCUT2D eigenvalue weighted by Crippen LogP contribution is -2.53. The van der Waals surface area contributed by atoms with Gasteiger partial charge in [0.15, 0.2) is 0 Å². The molecule has 2 amide bonds. The minimum atomic E-state index is -4.01. The Morgan fingerprint density at radius 1 is 1.03 bits per heavy atom. The lowest BCUT2D eigenvalue weighted by Gasteiger charge is -2.33. The van der Waals surface area contributed by atoms with E-state index in [1.165, 1.54) is 19.0 Å². The van der Waals surface area contributed by atoms with Crippen molar-refractivity contribution in [2.24, 2.45) is 0 Å². The average Bonchev–Trinajstić information content (AvgIpc) is 2.76. The van der Waals surface area contributed by atoms with Gasteiger partial charge in [0, 0.05) is 31.7 Å². The lowest BCUT2D eigenvalue weighted by atomic mass is 10.1. The third kappa shape index (κ3) is 7.43. The van der Waals surface area contributed by atoms with Gasteiger partial charge in [0.25, 0.3) is 0 Å². The molecule has 0 saturated heterocycles. The Bertz CT molecular complexity index is 1170. The fourth-order valence-corrected chi connectivity index (χ4v) is 4.84. The molecule has 0 saturated carbocycles. The number of anilines is 1. The number of rotatable bonds is 10. The van der Waals surface area contributed by atoms with Crippen LogP contribution in [0.1, 0.15) is 37.5 Å². The second kappa shape index (κ2) is 11.9. The first-order chi connectivity index (χ1) is 16.2. The molecule has 2 aromatic carbocycles. The van der Waals surface area contributed by atoms with E-state index in [1.54, 1.807) is 44.2 Å². The minimum Gasteiger partial charge on any atom is -0.352 e. The summed E-state index contributed by atoms with van der Waals surface area (Å²) in [6.07, 6.45) is 0. The third-order valence-corrected chi connectivity index (χ3v) is 7.53. The van der Waals surface area contributed by atoms with Crippen molar-refractivity contribution < 1.29 is 18.0 Å². The fourth-order valence-electron chi connectivity index (χ4n) is 3.51. The van der Waals surface area contributed by atoms with Crippen LogP contribution in [0.2, 0.25) is 5.02 Å². The molecule has 8 nitrogen and oxygen atoms in total. The number of aryl methyl sites for hydroxylation is 2. The number of carbonyl (C=O) groups is 2. The first kappa shape index (κ1) is 28.6. The number of nitrogens with zero attached hydrogens (tertiary/aromatic N) is 3. The summed E-state index contributed by atoms with van der Waals surface area (Å²) in [5.74, 6) is -0.841. The van der Waals surface area contributed by atoms with Gasteiger partial charge in [-0.2, -0.15) is 12.7 Å². The van der Waals surface area contributed by atoms with Gasteiger partial charge in [-0.05, 0) is 69.5 Å². The minimum absolute atomic E-state index is 0.0920. The van der Waals surface area contributed by atoms with Crippen LogP contribution < -0.4 is 9.62 Å². The molecule has 2 rings (SSSR count). The number of hydrogen-bond donors (Lipinski definition) is 1. The molecule has 2 aromatic rings. The van der Waals surface area contributed by atoms with E-state index in [2.05, 4.69) is 5.32 Å². The molecule has 0 unspecified atom stereocenters. The van der Waals surface area contributed by atoms with Crippen LogP contribution in [0.4, 0.5) is 5.69 Å². The summed E-state index contributed by atoms with van der Waals surface area (Å²) in [5.41, 5.74) is 2.70. The van der Waals surface area contributed by atoms with E-state index < -0.39 is 28.7 Å². The Labute approximate surface area is 214 Å². The van der Waals surface area contributed by atoms with Gasteiger partial charge in [0.05, 0.1) is 5.69 Å². The van der Waals surface area contributed by atoms with Crippen molar-refractivity contribution in [3.8, 4) is 0 Å². The molecule has 0 spiro atoms. The van der Waals surface area contributed by atoms with Crippen LogP contribution in [-0.2, 0) is 26.3 Å². The molecule has 0 aromatic heterocycles. The van der Waals surface area contributed by atoms with Crippen molar-refractivity contribution in [2.75, 3.05) is 24.9 Å². The van der Waals surface area contributed by atoms with Crippen LogP contribution >= 0.6 is 11.6 Å². The number of halogens is 1. The predicted octanol–water partition coefficient (Wildman–Crippen LogP) is 3.51. The molecular weight excluding hydrogens is 488 g/mol. The fraction of sp³-hybridized carbons (Fsp3) is 0.440. The molecule has 1 atom stereocenters. The predicted molar refractivity (Wildman–Crippen MR) is 141 cm³/mol. The molecule has 192 valence electrons. The van der Waals surface area contributed by atoms with Gasteiger partial charge >= 0.3 is 10.2 Å². The summed E-state index contributed by atoms with van der Waals surface area (Å²) in [6.45, 7) is 8.57. The van der Waals surface area contributed by atoms with Crippen LogP contribution in [0.3, 0.4) is 0 Å². The Kier molecular flexibility index (Phi) is 9.71. The average molecular weight is 523 g/mol. The second-order valence-electron chi connectivity index (χ2n) is 9.08. The van der Waals surface area contributed by atoms with E-state index in [0.29, 0.717) is 16.3 Å². The summed E-state index contributed by atoms with van der Waals surface area (Å²) in [6, 6.07) is 11.5. The van der Waals surface area contributed by atoms with Crippen molar-refractivity contribution in [2.45, 2.75) is 53.2 Å². The summed E-state index contributed by atoms with van der Waals surface area (Å²) < 4.78 is 28.7. The Hall–Kier alpha value is -2.62. The highest BCUT2D eigenvalue weighted by Gasteiger charge is 2.33. The van der Waals surface area contributed by atoms with E-state index in [-0.39, 0.29) is 18.5 Å². The highest BCUT2D eigenvalue weighted by molar-refractivity contribution is 7.90. The van der Waals surface area contributed by atoms with Crippen LogP contribution in [0.25, 0.3) is 0 Å². The van der Waals surface area contributed by atoms with Crippen LogP contribution in [-0.4, -0.2) is 62.2 Å². The number of hydrogen-bond acceptors (Lipinski definition) is 4. The van der Waals surface area contributed by atoms with Crippen molar-refractivity contribution in [3.05, 3.63) is 64.2 Å². The highest BCUT2D eigenvalue weighted by Crippen LogP contribution is 2.26. The number of amides is 2. The topological polar surface area (TPSA) is 90.0 Å². The molecule has 0 heterocycles. The molecule has 0 aliphatic heterocycles. The van der Waals surface area contributed by atoms with Gasteiger partial charge in [0.2, 0.25) is 11.8 Å². The van der Waals surface area contributed by atoms with E-state index >= 15 is 0 Å². The maximum Gasteiger partial charge on any atom is 0.304 e. The quantitative estimate of drug-likeness (QED) is 0.517. The maximum atomic E-state index is 13.7. The number of benzene rings is 2. The molecule has 0 radical (unpaired) electrons. The van der Waals surface area contributed by atoms with Crippen molar-refractivity contribution >= 4 is 39.3 Å². The van der Waals surface area contributed by atoms with Gasteiger partial charge in [-0.15, -0.1) is 0 Å². The Morgan fingerprint density at radius 3 is 2.26 bits per heavy atom. The lowest BCUT2D eigenvalue weighted by molar-refractivity contribution is -0.139. The van der Waals surface area contributed by atoms with Gasteiger partial charge < -0.3 is 10.2 Å². The van der Waals surface area contributed by atoms with Crippen molar-refractivity contribution in [3.63, 3.8) is 0 Å². The van der Waals surface area contributed by atoms with E-state index in [1.807, 2.05) is 32.9 Å². The molecule has 10 heteroatoms. The van der Waals surface area contributed by atoms with Gasteiger partial charge in [-0.25, -0.2) is 4.31 Å². The number of nitrogens with one attached hydrogen (secondary N) is 1. The standard InChI is InChI=1S/C25H35ClN4O4S/c1-17(2)27-25(32)20(5)29(15-21-9-8-10-22(26)14-21)24(31)16-30(35(33,34)28(6)7)23-13-18(3)11-12-19(23)4/h8-14,17,20H,15-16H2,1-7H3,(H,27,32)/t20-/m0/s1. The van der Waals surface area contributed by atoms with Gasteiger partial charge in [0.1, 0.15) is 12.6 Å². The molecule has 0 bridgehead atoms. The molecule has 0 fully saturated rings. The first-order valence-corrected chi connectivity index (χ1v) is 13.1. The normalized spacial score (nSPS) is 12.5. The van der Waals surface area contributed by atoms with Gasteiger partial charge in [-0.3, -0.25) is 9.59 Å². The highest BCUT2D eigenvalue weighted by atomic mass is 35.5. The Morgan fingerprint density at radius 2 is 1.69 bits per heavy atom. The zero-order chi connectivity index (χ0) is 26.5. The van der Waals surface area contributed by atoms with Crippen LogP contribution in [0.15, 0.2) is 42.5 Å². The largest absolute Gasteiger partial charge is 0.352 e. The molecule has 1 N–H and O–H groups in total. The van der Waals surface area contributed by atoms with Crippen molar-refractivity contribution in [1.29, 1.82) is 0 Å². The summed E-state index contributed by atoms with van der Waals surface area (Å²) in [7, 11) is -1.17. The smallest absolute Gasteiger partial charge is 0.304 e. The monoisotopic (exact) mass is 522 g/mol. The van der Waals surface area contributed by atoms with Gasteiger partial charge in [-0.1, -0.05) is 35.9 Å². The second-order valence-corrected chi connectivity index (χ2v) is 11.6. The zero-order valence-electron chi connectivity index (χ0n) is 21.4. The molecule has 0 aliphatic carbocycles. The van der Waals surface area contributed by atoms with Crippen molar-refractivity contribution in [1.82, 2.24) is 14.5 Å². The summed E-state index contributed by atoms with van der Waals surface area (Å²) >= 11 is 6.13. The maximum absolute atomic E-state index is 13.7. The van der Waals surface area contributed by atoms with E-state index in [0.717, 1.165) is 19.7 Å². The third-order valence-electron chi connectivity index (χ3n) is 5.49. The SMILES string of the molecule is Cc1ccc(C)c(N(CC(=O)N(Cc2cccc(Cl)c2)[C@@H](C)C(=O)NC(C)C)S(=O)(=O)N(C)C)c1. The number of carbonyl (C=O) groups excluding carboxylic acids is 2.